The summed E-state index contributed by atoms with van der Waals surface area (Å²) in [5, 5.41) is 2.99. The Hall–Kier alpha value is -1.48. The maximum absolute atomic E-state index is 11.5. The summed E-state index contributed by atoms with van der Waals surface area (Å²) in [6, 6.07) is 0. The van der Waals surface area contributed by atoms with E-state index in [0.29, 0.717) is 42.6 Å². The summed E-state index contributed by atoms with van der Waals surface area (Å²) < 4.78 is 16.8. The van der Waals surface area contributed by atoms with Crippen molar-refractivity contribution in [3.63, 3.8) is 0 Å². The molecule has 1 aromatic rings. The Kier molecular flexibility index (Phi) is 4.49. The number of ether oxygens (including phenoxy) is 1. The average molecular weight is 312 g/mol. The molecular weight excluding hydrogens is 292 g/mol. The summed E-state index contributed by atoms with van der Waals surface area (Å²) in [6.07, 6.45) is 0. The normalized spacial score (nSPS) is 20.6. The largest absolute Gasteiger partial charge is 0.378 e. The van der Waals surface area contributed by atoms with Crippen molar-refractivity contribution in [1.29, 1.82) is 0 Å². The van der Waals surface area contributed by atoms with Gasteiger partial charge in [0.25, 0.3) is 0 Å². The van der Waals surface area contributed by atoms with Crippen LogP contribution < -0.4 is 15.1 Å². The molecule has 0 unspecified atom stereocenters. The minimum atomic E-state index is -0.707. The van der Waals surface area contributed by atoms with Crippen LogP contribution in [0.3, 0.4) is 0 Å². The van der Waals surface area contributed by atoms with Crippen LogP contribution in [0.5, 0.6) is 0 Å². The first-order chi connectivity index (χ1) is 10.3. The fourth-order valence-corrected chi connectivity index (χ4v) is 3.40. The number of rotatable bonds is 3. The number of nitrogens with one attached hydrogen (secondary N) is 1. The van der Waals surface area contributed by atoms with Crippen LogP contribution in [0, 0.1) is 0 Å². The molecular formula is C12H20N6O2S. The molecule has 0 amide bonds. The third-order valence-corrected chi connectivity index (χ3v) is 4.87. The maximum atomic E-state index is 11.5. The van der Waals surface area contributed by atoms with E-state index in [-0.39, 0.29) is 0 Å². The second-order valence-corrected chi connectivity index (χ2v) is 6.64. The lowest BCUT2D eigenvalue weighted by atomic mass is 10.4. The number of hydrogen-bond donors (Lipinski definition) is 1. The van der Waals surface area contributed by atoms with Crippen LogP contribution in [0.25, 0.3) is 0 Å². The van der Waals surface area contributed by atoms with Crippen LogP contribution >= 0.6 is 0 Å². The van der Waals surface area contributed by atoms with E-state index in [1.54, 1.807) is 7.05 Å². The lowest BCUT2D eigenvalue weighted by molar-refractivity contribution is 0.122. The van der Waals surface area contributed by atoms with Crippen LogP contribution in [0.2, 0.25) is 0 Å². The van der Waals surface area contributed by atoms with Gasteiger partial charge in [-0.15, -0.1) is 0 Å². The molecule has 8 nitrogen and oxygen atoms in total. The van der Waals surface area contributed by atoms with Crippen molar-refractivity contribution in [3.05, 3.63) is 0 Å². The predicted octanol–water partition coefficient (Wildman–Crippen LogP) is -0.681. The van der Waals surface area contributed by atoms with E-state index in [9.17, 15) is 4.21 Å². The van der Waals surface area contributed by atoms with E-state index in [0.717, 1.165) is 26.2 Å². The third-order valence-electron chi connectivity index (χ3n) is 3.59. The third kappa shape index (κ3) is 3.41. The zero-order valence-corrected chi connectivity index (χ0v) is 12.9. The highest BCUT2D eigenvalue weighted by Crippen LogP contribution is 2.18. The molecule has 1 N–H and O–H groups in total. The van der Waals surface area contributed by atoms with E-state index in [2.05, 4.69) is 30.1 Å². The smallest absolute Gasteiger partial charge is 0.232 e. The molecule has 3 heterocycles. The second-order valence-electron chi connectivity index (χ2n) is 4.94. The van der Waals surface area contributed by atoms with Gasteiger partial charge in [-0.25, -0.2) is 0 Å². The summed E-state index contributed by atoms with van der Waals surface area (Å²) in [5.74, 6) is 3.25. The van der Waals surface area contributed by atoms with Gasteiger partial charge in [-0.05, 0) is 0 Å². The first-order valence-corrected chi connectivity index (χ1v) is 8.61. The molecule has 21 heavy (non-hydrogen) atoms. The van der Waals surface area contributed by atoms with Gasteiger partial charge in [0.1, 0.15) is 0 Å². The molecule has 0 aliphatic carbocycles. The quantitative estimate of drug-likeness (QED) is 0.786. The molecule has 2 saturated heterocycles. The Morgan fingerprint density at radius 1 is 1.00 bits per heavy atom. The molecule has 2 aliphatic rings. The summed E-state index contributed by atoms with van der Waals surface area (Å²) in [6.45, 7) is 4.41. The number of anilines is 3. The maximum Gasteiger partial charge on any atom is 0.232 e. The molecule has 0 spiro atoms. The van der Waals surface area contributed by atoms with Gasteiger partial charge in [0, 0.05) is 55.5 Å². The number of hydrogen-bond acceptors (Lipinski definition) is 8. The predicted molar refractivity (Wildman–Crippen MR) is 82.5 cm³/mol. The lowest BCUT2D eigenvalue weighted by Crippen LogP contribution is -2.40. The molecule has 2 aliphatic heterocycles. The van der Waals surface area contributed by atoms with Crippen molar-refractivity contribution >= 4 is 28.6 Å². The molecule has 0 bridgehead atoms. The number of morpholine rings is 1. The molecule has 2 fully saturated rings. The van der Waals surface area contributed by atoms with Crippen LogP contribution in [-0.2, 0) is 15.5 Å². The Morgan fingerprint density at radius 2 is 1.57 bits per heavy atom. The van der Waals surface area contributed by atoms with Gasteiger partial charge in [-0.2, -0.15) is 15.0 Å². The summed E-state index contributed by atoms with van der Waals surface area (Å²) in [4.78, 5) is 17.6. The molecule has 0 radical (unpaired) electrons. The van der Waals surface area contributed by atoms with E-state index >= 15 is 0 Å². The van der Waals surface area contributed by atoms with Gasteiger partial charge in [0.2, 0.25) is 17.8 Å². The second kappa shape index (κ2) is 6.52. The molecule has 9 heteroatoms. The van der Waals surface area contributed by atoms with E-state index in [1.807, 2.05) is 0 Å². The van der Waals surface area contributed by atoms with Gasteiger partial charge in [0.15, 0.2) is 0 Å². The highest BCUT2D eigenvalue weighted by atomic mass is 32.2. The van der Waals surface area contributed by atoms with Crippen molar-refractivity contribution in [2.45, 2.75) is 0 Å². The average Bonchev–Trinajstić information content (AvgIpc) is 2.56. The number of nitrogens with zero attached hydrogens (tertiary/aromatic N) is 5. The topological polar surface area (TPSA) is 83.5 Å². The zero-order chi connectivity index (χ0) is 14.7. The van der Waals surface area contributed by atoms with Crippen LogP contribution in [0.15, 0.2) is 0 Å². The SMILES string of the molecule is CNc1nc(N2CCOCC2)nc(N2CCS(=O)CC2)n1. The highest BCUT2D eigenvalue weighted by molar-refractivity contribution is 7.85. The highest BCUT2D eigenvalue weighted by Gasteiger charge is 2.21. The summed E-state index contributed by atoms with van der Waals surface area (Å²) in [7, 11) is 1.09. The van der Waals surface area contributed by atoms with E-state index in [4.69, 9.17) is 4.74 Å². The Bertz CT molecular complexity index is 512. The van der Waals surface area contributed by atoms with E-state index < -0.39 is 10.8 Å². The molecule has 1 aromatic heterocycles. The Balaban J connectivity index is 1.84. The monoisotopic (exact) mass is 312 g/mol. The first-order valence-electron chi connectivity index (χ1n) is 7.13. The van der Waals surface area contributed by atoms with Crippen molar-refractivity contribution in [2.75, 3.05) is 73.1 Å². The summed E-state index contributed by atoms with van der Waals surface area (Å²) >= 11 is 0. The molecule has 0 aromatic carbocycles. The fourth-order valence-electron chi connectivity index (χ4n) is 2.35. The molecule has 3 rings (SSSR count). The number of aromatic nitrogens is 3. The van der Waals surface area contributed by atoms with Crippen molar-refractivity contribution in [1.82, 2.24) is 15.0 Å². The van der Waals surface area contributed by atoms with Gasteiger partial charge in [-0.3, -0.25) is 4.21 Å². The van der Waals surface area contributed by atoms with E-state index in [1.165, 1.54) is 0 Å². The fraction of sp³-hybridized carbons (Fsp3) is 0.750. The summed E-state index contributed by atoms with van der Waals surface area (Å²) in [5.41, 5.74) is 0. The van der Waals surface area contributed by atoms with Crippen molar-refractivity contribution < 1.29 is 8.95 Å². The van der Waals surface area contributed by atoms with Gasteiger partial charge < -0.3 is 19.9 Å². The van der Waals surface area contributed by atoms with Crippen LogP contribution in [-0.4, -0.2) is 77.1 Å². The first kappa shape index (κ1) is 14.5. The Labute approximate surface area is 126 Å². The van der Waals surface area contributed by atoms with Gasteiger partial charge >= 0.3 is 0 Å². The van der Waals surface area contributed by atoms with Gasteiger partial charge in [-0.1, -0.05) is 0 Å². The van der Waals surface area contributed by atoms with Crippen molar-refractivity contribution in [3.8, 4) is 0 Å². The van der Waals surface area contributed by atoms with Crippen LogP contribution in [0.1, 0.15) is 0 Å². The molecule has 0 saturated carbocycles. The standard InChI is InChI=1S/C12H20N6O2S/c1-13-10-14-11(17-2-6-20-7-3-17)16-12(15-10)18-4-8-21(19)9-5-18/h2-9H2,1H3,(H,13,14,15,16). The lowest BCUT2D eigenvalue weighted by Gasteiger charge is -2.30. The minimum absolute atomic E-state index is 0.563. The van der Waals surface area contributed by atoms with Crippen molar-refractivity contribution in [2.24, 2.45) is 0 Å². The molecule has 0 atom stereocenters. The zero-order valence-electron chi connectivity index (χ0n) is 12.1. The molecule has 116 valence electrons. The Morgan fingerprint density at radius 3 is 2.14 bits per heavy atom. The van der Waals surface area contributed by atoms with Crippen LogP contribution in [0.4, 0.5) is 17.8 Å². The minimum Gasteiger partial charge on any atom is -0.378 e. The van der Waals surface area contributed by atoms with Gasteiger partial charge in [0.05, 0.1) is 13.2 Å².